The molecule has 1 heterocycles. The first kappa shape index (κ1) is 8.02. The average molecular weight is 142 g/mol. The van der Waals surface area contributed by atoms with Crippen molar-refractivity contribution >= 4 is 0 Å². The van der Waals surface area contributed by atoms with E-state index in [0.29, 0.717) is 6.04 Å². The maximum Gasteiger partial charge on any atom is 0.0194 e. The summed E-state index contributed by atoms with van der Waals surface area (Å²) in [6.07, 6.45) is 1.27. The molecule has 0 radical (unpaired) electrons. The van der Waals surface area contributed by atoms with Gasteiger partial charge in [0.15, 0.2) is 0 Å². The van der Waals surface area contributed by atoms with Crippen LogP contribution in [0.1, 0.15) is 20.3 Å². The van der Waals surface area contributed by atoms with Gasteiger partial charge in [0.05, 0.1) is 0 Å². The minimum absolute atomic E-state index is 0.411. The van der Waals surface area contributed by atoms with Gasteiger partial charge in [-0.2, -0.15) is 0 Å². The van der Waals surface area contributed by atoms with Crippen molar-refractivity contribution in [3.8, 4) is 0 Å². The molecule has 0 spiro atoms. The molecule has 2 nitrogen and oxygen atoms in total. The minimum Gasteiger partial charge on any atom is -0.326 e. The fourth-order valence-corrected chi connectivity index (χ4v) is 1.46. The van der Waals surface area contributed by atoms with E-state index >= 15 is 0 Å². The molecule has 0 amide bonds. The zero-order valence-corrected chi connectivity index (χ0v) is 7.01. The molecule has 1 rings (SSSR count). The Morgan fingerprint density at radius 1 is 1.60 bits per heavy atom. The second kappa shape index (κ2) is 3.35. The number of hydrogen-bond donors (Lipinski definition) is 1. The summed E-state index contributed by atoms with van der Waals surface area (Å²) < 4.78 is 0. The number of likely N-dealkylation sites (tertiary alicyclic amines) is 1. The largest absolute Gasteiger partial charge is 0.326 e. The van der Waals surface area contributed by atoms with Gasteiger partial charge < -0.3 is 10.6 Å². The van der Waals surface area contributed by atoms with E-state index in [2.05, 4.69) is 18.7 Å². The Hall–Kier alpha value is -0.0800. The van der Waals surface area contributed by atoms with Crippen molar-refractivity contribution in [2.45, 2.75) is 26.3 Å². The maximum atomic E-state index is 5.90. The lowest BCUT2D eigenvalue weighted by atomic mass is 9.94. The third-order valence-electron chi connectivity index (χ3n) is 2.55. The number of nitrogens with zero attached hydrogens (tertiary/aromatic N) is 1. The van der Waals surface area contributed by atoms with E-state index in [-0.39, 0.29) is 0 Å². The zero-order valence-electron chi connectivity index (χ0n) is 7.01. The van der Waals surface area contributed by atoms with Crippen LogP contribution in [-0.2, 0) is 0 Å². The quantitative estimate of drug-likeness (QED) is 0.583. The molecule has 0 bridgehead atoms. The standard InChI is InChI=1S/C8H18N2/c1-3-10-5-4-7(2)8(9)6-10/h7-8H,3-6,9H2,1-2H3/t7-,8+/m0/s1. The Kier molecular flexibility index (Phi) is 2.69. The van der Waals surface area contributed by atoms with Gasteiger partial charge in [-0.3, -0.25) is 0 Å². The highest BCUT2D eigenvalue weighted by atomic mass is 15.1. The van der Waals surface area contributed by atoms with Crippen molar-refractivity contribution in [3.05, 3.63) is 0 Å². The van der Waals surface area contributed by atoms with E-state index in [1.165, 1.54) is 13.0 Å². The molecule has 0 saturated carbocycles. The molecular weight excluding hydrogens is 124 g/mol. The van der Waals surface area contributed by atoms with E-state index in [4.69, 9.17) is 5.73 Å². The molecule has 0 unspecified atom stereocenters. The molecule has 0 aliphatic carbocycles. The zero-order chi connectivity index (χ0) is 7.56. The average Bonchev–Trinajstić information content (AvgIpc) is 1.95. The van der Waals surface area contributed by atoms with Crippen molar-refractivity contribution in [1.82, 2.24) is 4.90 Å². The molecule has 0 aromatic rings. The lowest BCUT2D eigenvalue weighted by molar-refractivity contribution is 0.176. The summed E-state index contributed by atoms with van der Waals surface area (Å²) in [5, 5.41) is 0. The smallest absolute Gasteiger partial charge is 0.0194 e. The van der Waals surface area contributed by atoms with E-state index in [0.717, 1.165) is 19.0 Å². The monoisotopic (exact) mass is 142 g/mol. The number of nitrogens with two attached hydrogens (primary N) is 1. The Morgan fingerprint density at radius 3 is 2.80 bits per heavy atom. The number of piperidine rings is 1. The predicted molar refractivity (Wildman–Crippen MR) is 43.9 cm³/mol. The molecule has 2 atom stereocenters. The first-order valence-corrected chi connectivity index (χ1v) is 4.22. The molecule has 1 saturated heterocycles. The number of rotatable bonds is 1. The Morgan fingerprint density at radius 2 is 2.30 bits per heavy atom. The molecule has 2 N–H and O–H groups in total. The minimum atomic E-state index is 0.411. The number of hydrogen-bond acceptors (Lipinski definition) is 2. The lowest BCUT2D eigenvalue weighted by Gasteiger charge is -2.34. The molecule has 1 aliphatic heterocycles. The van der Waals surface area contributed by atoms with Crippen LogP contribution in [0.25, 0.3) is 0 Å². The second-order valence-corrected chi connectivity index (χ2v) is 3.32. The van der Waals surface area contributed by atoms with Crippen LogP contribution < -0.4 is 5.73 Å². The van der Waals surface area contributed by atoms with Crippen LogP contribution in [0, 0.1) is 5.92 Å². The topological polar surface area (TPSA) is 29.3 Å². The first-order chi connectivity index (χ1) is 4.74. The SMILES string of the molecule is CCN1CC[C@H](C)[C@H](N)C1. The summed E-state index contributed by atoms with van der Waals surface area (Å²) in [6.45, 7) is 7.93. The lowest BCUT2D eigenvalue weighted by Crippen LogP contribution is -2.47. The van der Waals surface area contributed by atoms with Gasteiger partial charge in [0.1, 0.15) is 0 Å². The molecule has 0 aromatic carbocycles. The molecule has 10 heavy (non-hydrogen) atoms. The van der Waals surface area contributed by atoms with E-state index in [9.17, 15) is 0 Å². The highest BCUT2D eigenvalue weighted by Crippen LogP contribution is 2.14. The van der Waals surface area contributed by atoms with Gasteiger partial charge in [0, 0.05) is 12.6 Å². The molecule has 1 fully saturated rings. The summed E-state index contributed by atoms with van der Waals surface area (Å²) >= 11 is 0. The molecule has 0 aromatic heterocycles. The summed E-state index contributed by atoms with van der Waals surface area (Å²) in [7, 11) is 0. The van der Waals surface area contributed by atoms with E-state index in [1.807, 2.05) is 0 Å². The van der Waals surface area contributed by atoms with E-state index in [1.54, 1.807) is 0 Å². The normalized spacial score (nSPS) is 36.3. The highest BCUT2D eigenvalue weighted by Gasteiger charge is 2.21. The van der Waals surface area contributed by atoms with Gasteiger partial charge in [-0.25, -0.2) is 0 Å². The summed E-state index contributed by atoms with van der Waals surface area (Å²) in [5.74, 6) is 0.725. The van der Waals surface area contributed by atoms with Crippen molar-refractivity contribution in [1.29, 1.82) is 0 Å². The fourth-order valence-electron chi connectivity index (χ4n) is 1.46. The molecule has 60 valence electrons. The van der Waals surface area contributed by atoms with Crippen molar-refractivity contribution < 1.29 is 0 Å². The summed E-state index contributed by atoms with van der Waals surface area (Å²) in [5.41, 5.74) is 5.90. The summed E-state index contributed by atoms with van der Waals surface area (Å²) in [6, 6.07) is 0.411. The predicted octanol–water partition coefficient (Wildman–Crippen LogP) is 0.675. The maximum absolute atomic E-state index is 5.90. The van der Waals surface area contributed by atoms with Gasteiger partial charge in [0.25, 0.3) is 0 Å². The van der Waals surface area contributed by atoms with Gasteiger partial charge in [-0.15, -0.1) is 0 Å². The molecule has 2 heteroatoms. The van der Waals surface area contributed by atoms with Crippen LogP contribution >= 0.6 is 0 Å². The summed E-state index contributed by atoms with van der Waals surface area (Å²) in [4.78, 5) is 2.42. The van der Waals surface area contributed by atoms with Crippen LogP contribution in [0.15, 0.2) is 0 Å². The molecule has 1 aliphatic rings. The van der Waals surface area contributed by atoms with Crippen LogP contribution in [0.3, 0.4) is 0 Å². The molecular formula is C8H18N2. The van der Waals surface area contributed by atoms with Crippen LogP contribution in [0.4, 0.5) is 0 Å². The number of likely N-dealkylation sites (N-methyl/N-ethyl adjacent to an activating group) is 1. The fraction of sp³-hybridized carbons (Fsp3) is 1.00. The van der Waals surface area contributed by atoms with Gasteiger partial charge in [-0.1, -0.05) is 13.8 Å². The van der Waals surface area contributed by atoms with E-state index < -0.39 is 0 Å². The Bertz CT molecular complexity index is 103. The Balaban J connectivity index is 2.33. The van der Waals surface area contributed by atoms with Gasteiger partial charge >= 0.3 is 0 Å². The second-order valence-electron chi connectivity index (χ2n) is 3.32. The Labute approximate surface area is 63.4 Å². The van der Waals surface area contributed by atoms with Crippen LogP contribution in [0.5, 0.6) is 0 Å². The van der Waals surface area contributed by atoms with Gasteiger partial charge in [0.2, 0.25) is 0 Å². The van der Waals surface area contributed by atoms with Gasteiger partial charge in [-0.05, 0) is 25.4 Å². The first-order valence-electron chi connectivity index (χ1n) is 4.22. The third-order valence-corrected chi connectivity index (χ3v) is 2.55. The third kappa shape index (κ3) is 1.70. The highest BCUT2D eigenvalue weighted by molar-refractivity contribution is 4.79. The van der Waals surface area contributed by atoms with Crippen LogP contribution in [0.2, 0.25) is 0 Å². The van der Waals surface area contributed by atoms with Crippen molar-refractivity contribution in [3.63, 3.8) is 0 Å². The van der Waals surface area contributed by atoms with Crippen molar-refractivity contribution in [2.75, 3.05) is 19.6 Å². The van der Waals surface area contributed by atoms with Crippen molar-refractivity contribution in [2.24, 2.45) is 11.7 Å². The van der Waals surface area contributed by atoms with Crippen LogP contribution in [-0.4, -0.2) is 30.6 Å².